The summed E-state index contributed by atoms with van der Waals surface area (Å²) in [6.07, 6.45) is 5.21. The molecule has 140 valence electrons. The zero-order valence-corrected chi connectivity index (χ0v) is 16.7. The van der Waals surface area contributed by atoms with Crippen LogP contribution in [0.3, 0.4) is 0 Å². The quantitative estimate of drug-likeness (QED) is 0.826. The van der Waals surface area contributed by atoms with Gasteiger partial charge >= 0.3 is 0 Å². The molecular weight excluding hydrogens is 346 g/mol. The molecule has 7 heteroatoms. The van der Waals surface area contributed by atoms with E-state index >= 15 is 0 Å². The lowest BCUT2D eigenvalue weighted by Crippen LogP contribution is -2.37. The minimum atomic E-state index is 0.123. The molecule has 2 aliphatic rings. The first-order valence-electron chi connectivity index (χ1n) is 9.48. The Bertz CT molecular complexity index is 805. The summed E-state index contributed by atoms with van der Waals surface area (Å²) in [6.45, 7) is 4.65. The van der Waals surface area contributed by atoms with Gasteiger partial charge in [-0.25, -0.2) is 4.98 Å². The first kappa shape index (κ1) is 17.7. The number of fused-ring (bicyclic) bond motifs is 1. The monoisotopic (exact) mass is 373 g/mol. The summed E-state index contributed by atoms with van der Waals surface area (Å²) < 4.78 is 1.93. The molecule has 26 heavy (non-hydrogen) atoms. The van der Waals surface area contributed by atoms with Crippen molar-refractivity contribution in [3.63, 3.8) is 0 Å². The average molecular weight is 374 g/mol. The lowest BCUT2D eigenvalue weighted by Gasteiger charge is -2.31. The maximum Gasteiger partial charge on any atom is 0.274 e. The molecule has 0 aromatic carbocycles. The molecule has 2 aromatic rings. The molecule has 1 aliphatic heterocycles. The molecule has 1 unspecified atom stereocenters. The molecule has 0 N–H and O–H groups in total. The number of hydrogen-bond donors (Lipinski definition) is 0. The first-order valence-corrected chi connectivity index (χ1v) is 10.4. The van der Waals surface area contributed by atoms with E-state index in [4.69, 9.17) is 0 Å². The van der Waals surface area contributed by atoms with Crippen LogP contribution < -0.4 is 0 Å². The second-order valence-electron chi connectivity index (χ2n) is 7.59. The molecule has 1 fully saturated rings. The number of carbonyl (C=O) groups excluding carboxylic acids is 1. The SMILES string of the molecule is Cc1csc(CN(C)C2CCc3c(c(C(=O)N4CCCC4)nn3C)C2)n1. The fourth-order valence-corrected chi connectivity index (χ4v) is 5.04. The molecule has 2 aromatic heterocycles. The fourth-order valence-electron chi connectivity index (χ4n) is 4.21. The van der Waals surface area contributed by atoms with Crippen molar-refractivity contribution in [2.45, 2.75) is 51.6 Å². The van der Waals surface area contributed by atoms with Gasteiger partial charge in [-0.1, -0.05) is 0 Å². The Morgan fingerprint density at radius 2 is 2.15 bits per heavy atom. The van der Waals surface area contributed by atoms with Crippen LogP contribution in [-0.2, 0) is 26.4 Å². The van der Waals surface area contributed by atoms with Gasteiger partial charge in [-0.15, -0.1) is 11.3 Å². The van der Waals surface area contributed by atoms with Gasteiger partial charge in [0.2, 0.25) is 0 Å². The number of aromatic nitrogens is 3. The van der Waals surface area contributed by atoms with E-state index in [9.17, 15) is 4.79 Å². The number of rotatable bonds is 4. The Labute approximate surface area is 158 Å². The van der Waals surface area contributed by atoms with Crippen LogP contribution in [0.15, 0.2) is 5.38 Å². The van der Waals surface area contributed by atoms with E-state index in [1.54, 1.807) is 11.3 Å². The number of thiazole rings is 1. The summed E-state index contributed by atoms with van der Waals surface area (Å²) in [5.41, 5.74) is 4.19. The second kappa shape index (κ2) is 7.12. The van der Waals surface area contributed by atoms with Crippen molar-refractivity contribution >= 4 is 17.2 Å². The first-order chi connectivity index (χ1) is 12.5. The van der Waals surface area contributed by atoms with Crippen LogP contribution in [0.2, 0.25) is 0 Å². The van der Waals surface area contributed by atoms with E-state index in [1.807, 2.05) is 23.6 Å². The van der Waals surface area contributed by atoms with Gasteiger partial charge in [0, 0.05) is 48.5 Å². The van der Waals surface area contributed by atoms with Crippen LogP contribution in [-0.4, -0.2) is 56.7 Å². The lowest BCUT2D eigenvalue weighted by atomic mass is 9.90. The van der Waals surface area contributed by atoms with E-state index in [0.717, 1.165) is 62.4 Å². The average Bonchev–Trinajstić information content (AvgIpc) is 3.35. The highest BCUT2D eigenvalue weighted by Gasteiger charge is 2.32. The maximum absolute atomic E-state index is 12.9. The summed E-state index contributed by atoms with van der Waals surface area (Å²) in [4.78, 5) is 21.9. The van der Waals surface area contributed by atoms with Crippen molar-refractivity contribution < 1.29 is 4.79 Å². The predicted molar refractivity (Wildman–Crippen MR) is 102 cm³/mol. The molecular formula is C19H27N5OS. The highest BCUT2D eigenvalue weighted by atomic mass is 32.1. The van der Waals surface area contributed by atoms with Gasteiger partial charge in [-0.05, 0) is 46.1 Å². The Hall–Kier alpha value is -1.73. The molecule has 0 radical (unpaired) electrons. The molecule has 3 heterocycles. The zero-order valence-electron chi connectivity index (χ0n) is 15.9. The van der Waals surface area contributed by atoms with Gasteiger partial charge in [-0.3, -0.25) is 14.4 Å². The van der Waals surface area contributed by atoms with Crippen molar-refractivity contribution in [2.75, 3.05) is 20.1 Å². The molecule has 6 nitrogen and oxygen atoms in total. The van der Waals surface area contributed by atoms with E-state index in [0.29, 0.717) is 11.7 Å². The molecule has 0 saturated carbocycles. The Kier molecular flexibility index (Phi) is 4.84. The van der Waals surface area contributed by atoms with E-state index in [-0.39, 0.29) is 5.91 Å². The smallest absolute Gasteiger partial charge is 0.274 e. The molecule has 1 atom stereocenters. The van der Waals surface area contributed by atoms with Gasteiger partial charge in [0.25, 0.3) is 5.91 Å². The number of likely N-dealkylation sites (N-methyl/N-ethyl adjacent to an activating group) is 1. The molecule has 1 amide bonds. The highest BCUT2D eigenvalue weighted by Crippen LogP contribution is 2.29. The van der Waals surface area contributed by atoms with Crippen molar-refractivity contribution in [1.82, 2.24) is 24.6 Å². The number of likely N-dealkylation sites (tertiary alicyclic amines) is 1. The van der Waals surface area contributed by atoms with Crippen LogP contribution in [0.1, 0.15) is 51.7 Å². The maximum atomic E-state index is 12.9. The van der Waals surface area contributed by atoms with Crippen LogP contribution in [0.4, 0.5) is 0 Å². The summed E-state index contributed by atoms with van der Waals surface area (Å²) in [6, 6.07) is 0.432. The van der Waals surface area contributed by atoms with Crippen LogP contribution in [0.25, 0.3) is 0 Å². The second-order valence-corrected chi connectivity index (χ2v) is 8.53. The van der Waals surface area contributed by atoms with E-state index in [2.05, 4.69) is 27.4 Å². The third kappa shape index (κ3) is 3.30. The topological polar surface area (TPSA) is 54.3 Å². The summed E-state index contributed by atoms with van der Waals surface area (Å²) in [5.74, 6) is 0.123. The van der Waals surface area contributed by atoms with Crippen molar-refractivity contribution in [1.29, 1.82) is 0 Å². The minimum Gasteiger partial charge on any atom is -0.337 e. The summed E-state index contributed by atoms with van der Waals surface area (Å²) in [7, 11) is 4.15. The number of carbonyl (C=O) groups is 1. The third-order valence-corrected chi connectivity index (χ3v) is 6.65. The fraction of sp³-hybridized carbons (Fsp3) is 0.632. The van der Waals surface area contributed by atoms with Crippen LogP contribution in [0, 0.1) is 6.92 Å². The molecule has 0 bridgehead atoms. The van der Waals surface area contributed by atoms with Gasteiger partial charge < -0.3 is 4.90 Å². The largest absolute Gasteiger partial charge is 0.337 e. The molecule has 0 spiro atoms. The Morgan fingerprint density at radius 1 is 1.38 bits per heavy atom. The Balaban J connectivity index is 1.52. The normalized spacial score (nSPS) is 20.0. The predicted octanol–water partition coefficient (Wildman–Crippen LogP) is 2.41. The standard InChI is InChI=1S/C19H27N5OS/c1-13-12-26-17(20-13)11-22(2)14-6-7-16-15(10-14)18(21-23(16)3)19(25)24-8-4-5-9-24/h12,14H,4-11H2,1-3H3. The lowest BCUT2D eigenvalue weighted by molar-refractivity contribution is 0.0784. The van der Waals surface area contributed by atoms with Crippen molar-refractivity contribution in [3.8, 4) is 0 Å². The van der Waals surface area contributed by atoms with Crippen molar-refractivity contribution in [3.05, 3.63) is 33.0 Å². The molecule has 1 saturated heterocycles. The zero-order chi connectivity index (χ0) is 18.3. The third-order valence-electron chi connectivity index (χ3n) is 5.70. The number of aryl methyl sites for hydroxylation is 2. The summed E-state index contributed by atoms with van der Waals surface area (Å²) in [5, 5.41) is 7.88. The van der Waals surface area contributed by atoms with Gasteiger partial charge in [-0.2, -0.15) is 5.10 Å². The minimum absolute atomic E-state index is 0.123. The van der Waals surface area contributed by atoms with E-state index in [1.165, 1.54) is 11.3 Å². The number of hydrogen-bond acceptors (Lipinski definition) is 5. The number of amides is 1. The molecule has 4 rings (SSSR count). The van der Waals surface area contributed by atoms with Crippen LogP contribution >= 0.6 is 11.3 Å². The molecule has 1 aliphatic carbocycles. The highest BCUT2D eigenvalue weighted by molar-refractivity contribution is 7.09. The summed E-state index contributed by atoms with van der Waals surface area (Å²) >= 11 is 1.73. The Morgan fingerprint density at radius 3 is 2.85 bits per heavy atom. The van der Waals surface area contributed by atoms with Gasteiger partial charge in [0.1, 0.15) is 5.01 Å². The van der Waals surface area contributed by atoms with Crippen LogP contribution in [0.5, 0.6) is 0 Å². The number of nitrogens with zero attached hydrogens (tertiary/aromatic N) is 5. The van der Waals surface area contributed by atoms with Crippen molar-refractivity contribution in [2.24, 2.45) is 7.05 Å². The van der Waals surface area contributed by atoms with Gasteiger partial charge in [0.05, 0.1) is 6.54 Å². The van der Waals surface area contributed by atoms with Gasteiger partial charge in [0.15, 0.2) is 5.69 Å². The van der Waals surface area contributed by atoms with E-state index < -0.39 is 0 Å².